The number of aromatic nitrogens is 1. The Bertz CT molecular complexity index is 431. The van der Waals surface area contributed by atoms with Crippen molar-refractivity contribution in [1.82, 2.24) is 4.98 Å². The van der Waals surface area contributed by atoms with Crippen LogP contribution in [-0.2, 0) is 10.0 Å². The van der Waals surface area contributed by atoms with Gasteiger partial charge in [-0.3, -0.25) is 4.72 Å². The molecule has 0 aliphatic carbocycles. The molecule has 15 heavy (non-hydrogen) atoms. The van der Waals surface area contributed by atoms with E-state index in [9.17, 15) is 8.42 Å². The van der Waals surface area contributed by atoms with Crippen molar-refractivity contribution in [1.29, 1.82) is 0 Å². The summed E-state index contributed by atoms with van der Waals surface area (Å²) >= 11 is 0. The Hall–Kier alpha value is -1.14. The molecule has 1 aromatic rings. The molecule has 5 nitrogen and oxygen atoms in total. The first-order chi connectivity index (χ1) is 6.97. The van der Waals surface area contributed by atoms with Crippen LogP contribution in [0, 0.1) is 6.92 Å². The van der Waals surface area contributed by atoms with E-state index in [-0.39, 0.29) is 6.54 Å². The van der Waals surface area contributed by atoms with Crippen LogP contribution in [0.1, 0.15) is 12.5 Å². The highest BCUT2D eigenvalue weighted by Gasteiger charge is 2.19. The molecular weight excluding hydrogens is 214 g/mol. The largest absolute Gasteiger partial charge is 0.329 e. The smallest absolute Gasteiger partial charge is 0.237 e. The molecule has 0 fully saturated rings. The van der Waals surface area contributed by atoms with Gasteiger partial charge in [0.15, 0.2) is 0 Å². The second-order valence-corrected chi connectivity index (χ2v) is 5.46. The fourth-order valence-electron chi connectivity index (χ4n) is 0.955. The zero-order chi connectivity index (χ0) is 11.5. The molecule has 0 aliphatic heterocycles. The van der Waals surface area contributed by atoms with E-state index in [2.05, 4.69) is 9.71 Å². The molecule has 0 bridgehead atoms. The summed E-state index contributed by atoms with van der Waals surface area (Å²) in [6.45, 7) is 3.43. The summed E-state index contributed by atoms with van der Waals surface area (Å²) < 4.78 is 25.7. The van der Waals surface area contributed by atoms with Gasteiger partial charge in [0.05, 0.1) is 5.25 Å². The van der Waals surface area contributed by atoms with E-state index in [1.165, 1.54) is 6.20 Å². The Morgan fingerprint density at radius 1 is 1.60 bits per heavy atom. The quantitative estimate of drug-likeness (QED) is 0.786. The minimum atomic E-state index is -3.42. The molecule has 0 amide bonds. The average Bonchev–Trinajstić information content (AvgIpc) is 2.20. The second kappa shape index (κ2) is 4.59. The van der Waals surface area contributed by atoms with E-state index in [4.69, 9.17) is 5.73 Å². The van der Waals surface area contributed by atoms with E-state index in [0.717, 1.165) is 5.56 Å². The summed E-state index contributed by atoms with van der Waals surface area (Å²) in [7, 11) is -3.42. The van der Waals surface area contributed by atoms with Crippen molar-refractivity contribution in [3.63, 3.8) is 0 Å². The lowest BCUT2D eigenvalue weighted by Gasteiger charge is -2.13. The second-order valence-electron chi connectivity index (χ2n) is 3.36. The number of pyridine rings is 1. The van der Waals surface area contributed by atoms with Crippen LogP contribution in [0.4, 0.5) is 5.82 Å². The van der Waals surface area contributed by atoms with Crippen molar-refractivity contribution in [3.05, 3.63) is 23.9 Å². The number of nitrogens with one attached hydrogen (secondary N) is 1. The van der Waals surface area contributed by atoms with Crippen LogP contribution in [0.2, 0.25) is 0 Å². The summed E-state index contributed by atoms with van der Waals surface area (Å²) in [6.07, 6.45) is 1.54. The summed E-state index contributed by atoms with van der Waals surface area (Å²) in [5, 5.41) is -0.626. The molecule has 0 spiro atoms. The lowest BCUT2D eigenvalue weighted by atomic mass is 10.3. The van der Waals surface area contributed by atoms with Gasteiger partial charge in [-0.25, -0.2) is 13.4 Å². The van der Waals surface area contributed by atoms with E-state index in [1.807, 2.05) is 0 Å². The van der Waals surface area contributed by atoms with Gasteiger partial charge in [0.25, 0.3) is 0 Å². The number of anilines is 1. The molecule has 0 radical (unpaired) electrons. The number of nitrogens with zero attached hydrogens (tertiary/aromatic N) is 1. The normalized spacial score (nSPS) is 13.5. The molecule has 0 aromatic carbocycles. The van der Waals surface area contributed by atoms with Crippen LogP contribution in [0.3, 0.4) is 0 Å². The fourth-order valence-corrected chi connectivity index (χ4v) is 1.89. The van der Waals surface area contributed by atoms with Crippen LogP contribution in [0.5, 0.6) is 0 Å². The van der Waals surface area contributed by atoms with Crippen LogP contribution in [0.15, 0.2) is 18.3 Å². The number of hydrogen-bond acceptors (Lipinski definition) is 4. The molecule has 1 aromatic heterocycles. The van der Waals surface area contributed by atoms with Crippen molar-refractivity contribution < 1.29 is 8.42 Å². The predicted molar refractivity (Wildman–Crippen MR) is 60.0 cm³/mol. The van der Waals surface area contributed by atoms with Gasteiger partial charge in [0, 0.05) is 12.7 Å². The zero-order valence-electron chi connectivity index (χ0n) is 8.77. The highest BCUT2D eigenvalue weighted by molar-refractivity contribution is 7.93. The molecule has 1 atom stereocenters. The SMILES string of the molecule is Cc1cccnc1NS(=O)(=O)C(C)CN. The van der Waals surface area contributed by atoms with Gasteiger partial charge in [-0.05, 0) is 25.5 Å². The maximum atomic E-state index is 11.7. The molecule has 0 saturated carbocycles. The number of rotatable bonds is 4. The first-order valence-electron chi connectivity index (χ1n) is 4.60. The van der Waals surface area contributed by atoms with E-state index < -0.39 is 15.3 Å². The molecule has 84 valence electrons. The third-order valence-corrected chi connectivity index (χ3v) is 3.84. The van der Waals surface area contributed by atoms with Gasteiger partial charge in [0.1, 0.15) is 5.82 Å². The molecule has 6 heteroatoms. The van der Waals surface area contributed by atoms with E-state index in [1.54, 1.807) is 26.0 Å². The highest BCUT2D eigenvalue weighted by atomic mass is 32.2. The van der Waals surface area contributed by atoms with Gasteiger partial charge < -0.3 is 5.73 Å². The third kappa shape index (κ3) is 2.90. The van der Waals surface area contributed by atoms with Gasteiger partial charge in [-0.2, -0.15) is 0 Å². The predicted octanol–water partition coefficient (Wildman–Crippen LogP) is 0.479. The summed E-state index contributed by atoms with van der Waals surface area (Å²) in [5.74, 6) is 0.359. The Labute approximate surface area is 89.8 Å². The number of hydrogen-bond donors (Lipinski definition) is 2. The molecule has 1 unspecified atom stereocenters. The Morgan fingerprint density at radius 3 is 2.80 bits per heavy atom. The molecular formula is C9H15N3O2S. The summed E-state index contributed by atoms with van der Waals surface area (Å²) in [6, 6.07) is 3.54. The van der Waals surface area contributed by atoms with Gasteiger partial charge in [-0.1, -0.05) is 6.07 Å². The standard InChI is InChI=1S/C9H15N3O2S/c1-7-4-3-5-11-9(7)12-15(13,14)8(2)6-10/h3-5,8H,6,10H2,1-2H3,(H,11,12). The summed E-state index contributed by atoms with van der Waals surface area (Å²) in [5.41, 5.74) is 6.09. The highest BCUT2D eigenvalue weighted by Crippen LogP contribution is 2.12. The van der Waals surface area contributed by atoms with Gasteiger partial charge in [0.2, 0.25) is 10.0 Å². The number of aryl methyl sites for hydroxylation is 1. The van der Waals surface area contributed by atoms with Crippen molar-refractivity contribution in [3.8, 4) is 0 Å². The minimum Gasteiger partial charge on any atom is -0.329 e. The maximum Gasteiger partial charge on any atom is 0.237 e. The van der Waals surface area contributed by atoms with E-state index >= 15 is 0 Å². The number of sulfonamides is 1. The van der Waals surface area contributed by atoms with Crippen LogP contribution < -0.4 is 10.5 Å². The minimum absolute atomic E-state index is 0.0845. The van der Waals surface area contributed by atoms with Gasteiger partial charge in [-0.15, -0.1) is 0 Å². The Morgan fingerprint density at radius 2 is 2.27 bits per heavy atom. The zero-order valence-corrected chi connectivity index (χ0v) is 9.58. The molecule has 1 rings (SSSR count). The molecule has 1 heterocycles. The first kappa shape index (κ1) is 11.9. The lowest BCUT2D eigenvalue weighted by Crippen LogP contribution is -2.32. The maximum absolute atomic E-state index is 11.7. The van der Waals surface area contributed by atoms with Crippen molar-refractivity contribution >= 4 is 15.8 Å². The van der Waals surface area contributed by atoms with Gasteiger partial charge >= 0.3 is 0 Å². The average molecular weight is 229 g/mol. The Kier molecular flexibility index (Phi) is 3.65. The number of nitrogens with two attached hydrogens (primary N) is 1. The van der Waals surface area contributed by atoms with Crippen LogP contribution >= 0.6 is 0 Å². The van der Waals surface area contributed by atoms with Crippen molar-refractivity contribution in [2.75, 3.05) is 11.3 Å². The topological polar surface area (TPSA) is 85.1 Å². The van der Waals surface area contributed by atoms with Crippen molar-refractivity contribution in [2.45, 2.75) is 19.1 Å². The van der Waals surface area contributed by atoms with Crippen LogP contribution in [0.25, 0.3) is 0 Å². The molecule has 0 saturated heterocycles. The molecule has 3 N–H and O–H groups in total. The first-order valence-corrected chi connectivity index (χ1v) is 6.15. The summed E-state index contributed by atoms with van der Waals surface area (Å²) in [4.78, 5) is 3.95. The third-order valence-electron chi connectivity index (χ3n) is 2.11. The Balaban J connectivity index is 2.92. The monoisotopic (exact) mass is 229 g/mol. The lowest BCUT2D eigenvalue weighted by molar-refractivity contribution is 0.589. The van der Waals surface area contributed by atoms with Crippen molar-refractivity contribution in [2.24, 2.45) is 5.73 Å². The molecule has 0 aliphatic rings. The van der Waals surface area contributed by atoms with Crippen LogP contribution in [-0.4, -0.2) is 25.2 Å². The fraction of sp³-hybridized carbons (Fsp3) is 0.444. The van der Waals surface area contributed by atoms with E-state index in [0.29, 0.717) is 5.82 Å².